The highest BCUT2D eigenvalue weighted by molar-refractivity contribution is 5.89. The summed E-state index contributed by atoms with van der Waals surface area (Å²) in [5, 5.41) is 16.0. The maximum Gasteiger partial charge on any atom is 0.221 e. The van der Waals surface area contributed by atoms with Crippen LogP contribution in [-0.2, 0) is 4.79 Å². The van der Waals surface area contributed by atoms with Gasteiger partial charge in [0.25, 0.3) is 0 Å². The van der Waals surface area contributed by atoms with Crippen molar-refractivity contribution in [2.24, 2.45) is 0 Å². The summed E-state index contributed by atoms with van der Waals surface area (Å²) in [6.07, 6.45) is 0. The van der Waals surface area contributed by atoms with Crippen LogP contribution in [-0.4, -0.2) is 11.0 Å². The van der Waals surface area contributed by atoms with E-state index in [2.05, 4.69) is 10.6 Å². The standard InChI is InChI=1S/C17H20N2O2/c1-11-8-9-14(19-13(3)20)10-16(11)18-12(2)15-6-4-5-7-17(15)21/h4-10,12,18,21H,1-3H3,(H,19,20). The molecule has 0 aromatic heterocycles. The lowest BCUT2D eigenvalue weighted by Gasteiger charge is -2.19. The molecule has 0 bridgehead atoms. The lowest BCUT2D eigenvalue weighted by atomic mass is 10.1. The van der Waals surface area contributed by atoms with E-state index in [9.17, 15) is 9.90 Å². The molecule has 4 nitrogen and oxygen atoms in total. The number of aromatic hydroxyl groups is 1. The molecule has 0 aliphatic carbocycles. The monoisotopic (exact) mass is 284 g/mol. The number of nitrogens with one attached hydrogen (secondary N) is 2. The Hall–Kier alpha value is -2.49. The molecule has 0 fully saturated rings. The molecule has 1 amide bonds. The fourth-order valence-corrected chi connectivity index (χ4v) is 2.22. The first-order chi connectivity index (χ1) is 9.97. The Balaban J connectivity index is 2.22. The maximum absolute atomic E-state index is 11.1. The van der Waals surface area contributed by atoms with Crippen molar-refractivity contribution in [2.45, 2.75) is 26.8 Å². The zero-order valence-corrected chi connectivity index (χ0v) is 12.5. The van der Waals surface area contributed by atoms with E-state index in [4.69, 9.17) is 0 Å². The van der Waals surface area contributed by atoms with Crippen LogP contribution in [0, 0.1) is 6.92 Å². The first-order valence-electron chi connectivity index (χ1n) is 6.90. The van der Waals surface area contributed by atoms with Crippen LogP contribution in [0.2, 0.25) is 0 Å². The Kier molecular flexibility index (Phi) is 4.48. The lowest BCUT2D eigenvalue weighted by Crippen LogP contribution is -2.10. The van der Waals surface area contributed by atoms with E-state index in [1.165, 1.54) is 6.92 Å². The summed E-state index contributed by atoms with van der Waals surface area (Å²) in [4.78, 5) is 11.1. The molecule has 110 valence electrons. The van der Waals surface area contributed by atoms with Crippen molar-refractivity contribution in [1.82, 2.24) is 0 Å². The number of aryl methyl sites for hydroxylation is 1. The van der Waals surface area contributed by atoms with Crippen LogP contribution < -0.4 is 10.6 Å². The van der Waals surface area contributed by atoms with Crippen LogP contribution in [0.1, 0.15) is 31.0 Å². The van der Waals surface area contributed by atoms with Gasteiger partial charge in [-0.1, -0.05) is 24.3 Å². The normalized spacial score (nSPS) is 11.8. The third kappa shape index (κ3) is 3.75. The van der Waals surface area contributed by atoms with Gasteiger partial charge >= 0.3 is 0 Å². The highest BCUT2D eigenvalue weighted by Crippen LogP contribution is 2.29. The summed E-state index contributed by atoms with van der Waals surface area (Å²) in [7, 11) is 0. The second-order valence-electron chi connectivity index (χ2n) is 5.14. The van der Waals surface area contributed by atoms with E-state index in [0.29, 0.717) is 0 Å². The summed E-state index contributed by atoms with van der Waals surface area (Å²) in [5.41, 5.74) is 3.59. The molecule has 0 saturated heterocycles. The molecular weight excluding hydrogens is 264 g/mol. The van der Waals surface area contributed by atoms with Gasteiger partial charge in [0.05, 0.1) is 6.04 Å². The number of phenols is 1. The van der Waals surface area contributed by atoms with Crippen molar-refractivity contribution >= 4 is 17.3 Å². The first kappa shape index (κ1) is 14.9. The SMILES string of the molecule is CC(=O)Nc1ccc(C)c(NC(C)c2ccccc2O)c1. The van der Waals surface area contributed by atoms with Gasteiger partial charge in [-0.15, -0.1) is 0 Å². The summed E-state index contributed by atoms with van der Waals surface area (Å²) in [5.74, 6) is 0.173. The van der Waals surface area contributed by atoms with Crippen molar-refractivity contribution in [2.75, 3.05) is 10.6 Å². The van der Waals surface area contributed by atoms with E-state index in [1.54, 1.807) is 12.1 Å². The van der Waals surface area contributed by atoms with Crippen molar-refractivity contribution in [1.29, 1.82) is 0 Å². The number of carbonyl (C=O) groups excluding carboxylic acids is 1. The molecule has 0 aliphatic rings. The average Bonchev–Trinajstić information content (AvgIpc) is 2.42. The molecule has 1 unspecified atom stereocenters. The van der Waals surface area contributed by atoms with Crippen LogP contribution in [0.3, 0.4) is 0 Å². The van der Waals surface area contributed by atoms with E-state index < -0.39 is 0 Å². The number of hydrogen-bond donors (Lipinski definition) is 3. The number of para-hydroxylation sites is 1. The largest absolute Gasteiger partial charge is 0.508 e. The topological polar surface area (TPSA) is 61.4 Å². The van der Waals surface area contributed by atoms with Crippen LogP contribution in [0.25, 0.3) is 0 Å². The molecule has 3 N–H and O–H groups in total. The van der Waals surface area contributed by atoms with Gasteiger partial charge in [-0.3, -0.25) is 4.79 Å². The van der Waals surface area contributed by atoms with Gasteiger partial charge < -0.3 is 15.7 Å². The Labute approximate surface area is 124 Å². The third-order valence-electron chi connectivity index (χ3n) is 3.33. The third-order valence-corrected chi connectivity index (χ3v) is 3.33. The van der Waals surface area contributed by atoms with Gasteiger partial charge in [0.15, 0.2) is 0 Å². The molecule has 0 aliphatic heterocycles. The van der Waals surface area contributed by atoms with Crippen LogP contribution in [0.4, 0.5) is 11.4 Å². The minimum atomic E-state index is -0.0986. The molecule has 4 heteroatoms. The minimum absolute atomic E-state index is 0.0440. The van der Waals surface area contributed by atoms with Gasteiger partial charge in [-0.2, -0.15) is 0 Å². The van der Waals surface area contributed by atoms with Gasteiger partial charge in [-0.05, 0) is 37.6 Å². The van der Waals surface area contributed by atoms with Crippen LogP contribution >= 0.6 is 0 Å². The number of hydrogen-bond acceptors (Lipinski definition) is 3. The number of phenolic OH excluding ortho intramolecular Hbond substituents is 1. The highest BCUT2D eigenvalue weighted by atomic mass is 16.3. The molecule has 0 saturated carbocycles. The first-order valence-corrected chi connectivity index (χ1v) is 6.90. The van der Waals surface area contributed by atoms with Crippen molar-refractivity contribution in [3.8, 4) is 5.75 Å². The fourth-order valence-electron chi connectivity index (χ4n) is 2.22. The molecule has 2 rings (SSSR count). The predicted octanol–water partition coefficient (Wildman–Crippen LogP) is 3.83. The Morgan fingerprint density at radius 2 is 1.90 bits per heavy atom. The predicted molar refractivity (Wildman–Crippen MR) is 85.6 cm³/mol. The van der Waals surface area contributed by atoms with Gasteiger partial charge in [0, 0.05) is 23.9 Å². The molecule has 0 heterocycles. The van der Waals surface area contributed by atoms with Gasteiger partial charge in [-0.25, -0.2) is 0 Å². The summed E-state index contributed by atoms with van der Waals surface area (Å²) in [6, 6.07) is 12.9. The summed E-state index contributed by atoms with van der Waals surface area (Å²) < 4.78 is 0. The van der Waals surface area contributed by atoms with E-state index >= 15 is 0 Å². The van der Waals surface area contributed by atoms with Crippen LogP contribution in [0.15, 0.2) is 42.5 Å². The minimum Gasteiger partial charge on any atom is -0.508 e. The van der Waals surface area contributed by atoms with E-state index in [1.807, 2.05) is 44.2 Å². The maximum atomic E-state index is 11.1. The number of carbonyl (C=O) groups is 1. The van der Waals surface area contributed by atoms with Crippen LogP contribution in [0.5, 0.6) is 5.75 Å². The zero-order valence-electron chi connectivity index (χ0n) is 12.5. The highest BCUT2D eigenvalue weighted by Gasteiger charge is 2.11. The van der Waals surface area contributed by atoms with Gasteiger partial charge in [0.2, 0.25) is 5.91 Å². The second kappa shape index (κ2) is 6.31. The fraction of sp³-hybridized carbons (Fsp3) is 0.235. The number of benzene rings is 2. The van der Waals surface area contributed by atoms with Crippen molar-refractivity contribution in [3.63, 3.8) is 0 Å². The van der Waals surface area contributed by atoms with Crippen molar-refractivity contribution < 1.29 is 9.90 Å². The number of amides is 1. The van der Waals surface area contributed by atoms with Gasteiger partial charge in [0.1, 0.15) is 5.75 Å². The molecular formula is C17H20N2O2. The molecule has 0 radical (unpaired) electrons. The number of anilines is 2. The van der Waals surface area contributed by atoms with Crippen molar-refractivity contribution in [3.05, 3.63) is 53.6 Å². The summed E-state index contributed by atoms with van der Waals surface area (Å²) in [6.45, 7) is 5.47. The quantitative estimate of drug-likeness (QED) is 0.799. The lowest BCUT2D eigenvalue weighted by molar-refractivity contribution is -0.114. The average molecular weight is 284 g/mol. The number of rotatable bonds is 4. The zero-order chi connectivity index (χ0) is 15.4. The van der Waals surface area contributed by atoms with E-state index in [-0.39, 0.29) is 17.7 Å². The molecule has 0 spiro atoms. The Morgan fingerprint density at radius 3 is 2.57 bits per heavy atom. The summed E-state index contributed by atoms with van der Waals surface area (Å²) >= 11 is 0. The molecule has 1 atom stereocenters. The second-order valence-corrected chi connectivity index (χ2v) is 5.14. The van der Waals surface area contributed by atoms with E-state index in [0.717, 1.165) is 22.5 Å². The molecule has 2 aromatic rings. The Morgan fingerprint density at radius 1 is 1.19 bits per heavy atom. The Bertz CT molecular complexity index is 653. The molecule has 21 heavy (non-hydrogen) atoms. The smallest absolute Gasteiger partial charge is 0.221 e. The molecule has 2 aromatic carbocycles.